The van der Waals surface area contributed by atoms with Crippen LogP contribution < -0.4 is 10.2 Å². The number of aliphatic hydroxyl groups is 1. The highest BCUT2D eigenvalue weighted by atomic mass is 35.5. The van der Waals surface area contributed by atoms with E-state index in [0.29, 0.717) is 34.8 Å². The van der Waals surface area contributed by atoms with Gasteiger partial charge in [-0.1, -0.05) is 11.6 Å². The van der Waals surface area contributed by atoms with Gasteiger partial charge < -0.3 is 15.3 Å². The number of fused-ring (bicyclic) bond motifs is 5. The van der Waals surface area contributed by atoms with Crippen LogP contribution in [0.4, 0.5) is 11.8 Å². The number of hydrogen-bond donors (Lipinski definition) is 2. The van der Waals surface area contributed by atoms with Crippen molar-refractivity contribution in [3.05, 3.63) is 28.9 Å². The molecule has 10 heteroatoms. The van der Waals surface area contributed by atoms with E-state index < -0.39 is 10.8 Å². The average Bonchev–Trinajstić information content (AvgIpc) is 3.52. The molecule has 4 unspecified atom stereocenters. The molecule has 3 aliphatic carbocycles. The molecule has 8 nitrogen and oxygen atoms in total. The molecule has 3 aliphatic heterocycles. The van der Waals surface area contributed by atoms with Crippen LogP contribution in [0.25, 0.3) is 0 Å². The lowest BCUT2D eigenvalue weighted by molar-refractivity contribution is 0.143. The van der Waals surface area contributed by atoms with Crippen LogP contribution in [0.3, 0.4) is 0 Å². The predicted octanol–water partition coefficient (Wildman–Crippen LogP) is 2.75. The maximum atomic E-state index is 13.0. The van der Waals surface area contributed by atoms with E-state index in [1.807, 2.05) is 0 Å². The van der Waals surface area contributed by atoms with E-state index >= 15 is 0 Å². The summed E-state index contributed by atoms with van der Waals surface area (Å²) in [7, 11) is -1.05. The molecule has 3 saturated carbocycles. The van der Waals surface area contributed by atoms with E-state index in [2.05, 4.69) is 20.2 Å². The molecule has 2 bridgehead atoms. The van der Waals surface area contributed by atoms with Crippen molar-refractivity contribution in [1.82, 2.24) is 19.9 Å². The highest BCUT2D eigenvalue weighted by molar-refractivity contribution is 7.86. The van der Waals surface area contributed by atoms with Crippen molar-refractivity contribution < 1.29 is 9.32 Å². The van der Waals surface area contributed by atoms with Gasteiger partial charge in [-0.15, -0.1) is 0 Å². The molecule has 5 fully saturated rings. The predicted molar refractivity (Wildman–Crippen MR) is 121 cm³/mol. The maximum absolute atomic E-state index is 13.0. The molecule has 5 heterocycles. The van der Waals surface area contributed by atoms with Crippen LogP contribution >= 0.6 is 11.6 Å². The lowest BCUT2D eigenvalue weighted by Crippen LogP contribution is -2.61. The van der Waals surface area contributed by atoms with E-state index in [0.717, 1.165) is 67.3 Å². The number of halogens is 1. The smallest absolute Gasteiger partial charge is 0.228 e. The zero-order valence-corrected chi connectivity index (χ0v) is 19.1. The minimum Gasteiger partial charge on any atom is -0.394 e. The molecule has 6 aliphatic rings. The third kappa shape index (κ3) is 2.80. The molecule has 0 aromatic carbocycles. The molecule has 2 saturated heterocycles. The first-order chi connectivity index (χ1) is 15.5. The number of aromatic nitrogens is 4. The third-order valence-electron chi connectivity index (χ3n) is 8.12. The minimum absolute atomic E-state index is 0.0678. The van der Waals surface area contributed by atoms with Gasteiger partial charge in [0.05, 0.1) is 33.7 Å². The number of piperidine rings is 1. The van der Waals surface area contributed by atoms with Gasteiger partial charge >= 0.3 is 0 Å². The van der Waals surface area contributed by atoms with Crippen LogP contribution in [0.5, 0.6) is 0 Å². The topological polar surface area (TPSA) is 104 Å². The van der Waals surface area contributed by atoms with Crippen molar-refractivity contribution in [2.75, 3.05) is 16.8 Å². The van der Waals surface area contributed by atoms with E-state index in [1.54, 1.807) is 12.4 Å². The Morgan fingerprint density at radius 2 is 1.91 bits per heavy atom. The van der Waals surface area contributed by atoms with Gasteiger partial charge in [0.1, 0.15) is 16.5 Å². The highest BCUT2D eigenvalue weighted by Gasteiger charge is 2.56. The van der Waals surface area contributed by atoms with Crippen molar-refractivity contribution in [1.29, 1.82) is 0 Å². The van der Waals surface area contributed by atoms with Gasteiger partial charge in [-0.25, -0.2) is 15.0 Å². The third-order valence-corrected chi connectivity index (χ3v) is 10.2. The van der Waals surface area contributed by atoms with Gasteiger partial charge in [0, 0.05) is 41.6 Å². The van der Waals surface area contributed by atoms with Gasteiger partial charge in [0.2, 0.25) is 5.95 Å². The SMILES string of the molecule is O=[S@]1c2c(NC3(CO)CCC3)nc(N3C4CC(c5ncc(Cl)cn5)CC3C4)nc2C2CC21. The Morgan fingerprint density at radius 3 is 2.56 bits per heavy atom. The molecule has 8 rings (SSSR count). The molecular formula is C22H25ClN6O2S. The Hall–Kier alpha value is -1.84. The van der Waals surface area contributed by atoms with Crippen LogP contribution in [0.15, 0.2) is 17.3 Å². The Labute approximate surface area is 193 Å². The lowest BCUT2D eigenvalue weighted by atomic mass is 9.73. The van der Waals surface area contributed by atoms with Crippen molar-refractivity contribution in [3.63, 3.8) is 0 Å². The number of nitrogens with one attached hydrogen (secondary N) is 1. The molecule has 0 radical (unpaired) electrons. The second-order valence-corrected chi connectivity index (χ2v) is 12.1. The largest absolute Gasteiger partial charge is 0.394 e. The normalized spacial score (nSPS) is 35.4. The van der Waals surface area contributed by atoms with Gasteiger partial charge in [-0.3, -0.25) is 4.21 Å². The summed E-state index contributed by atoms with van der Waals surface area (Å²) >= 11 is 5.96. The summed E-state index contributed by atoms with van der Waals surface area (Å²) in [5, 5.41) is 14.3. The first-order valence-electron chi connectivity index (χ1n) is 11.5. The lowest BCUT2D eigenvalue weighted by Gasteiger charge is -2.55. The van der Waals surface area contributed by atoms with Crippen molar-refractivity contribution in [3.8, 4) is 0 Å². The summed E-state index contributed by atoms with van der Waals surface area (Å²) < 4.78 is 13.0. The summed E-state index contributed by atoms with van der Waals surface area (Å²) in [6.07, 6.45) is 10.3. The Bertz CT molecular complexity index is 1110. The Morgan fingerprint density at radius 1 is 1.16 bits per heavy atom. The quantitative estimate of drug-likeness (QED) is 0.684. The van der Waals surface area contributed by atoms with E-state index in [-0.39, 0.29) is 17.4 Å². The number of anilines is 2. The monoisotopic (exact) mass is 472 g/mol. The number of aliphatic hydroxyl groups excluding tert-OH is 1. The van der Waals surface area contributed by atoms with Crippen LogP contribution in [-0.4, -0.2) is 58.7 Å². The van der Waals surface area contributed by atoms with E-state index in [9.17, 15) is 9.32 Å². The summed E-state index contributed by atoms with van der Waals surface area (Å²) in [4.78, 5) is 21.9. The minimum atomic E-state index is -1.05. The van der Waals surface area contributed by atoms with Gasteiger partial charge in [-0.05, 0) is 44.9 Å². The summed E-state index contributed by atoms with van der Waals surface area (Å²) in [6.45, 7) is 0.0678. The van der Waals surface area contributed by atoms with Crippen LogP contribution in [0.1, 0.15) is 68.3 Å². The molecule has 2 N–H and O–H groups in total. The molecule has 0 amide bonds. The molecule has 0 spiro atoms. The zero-order valence-electron chi connectivity index (χ0n) is 17.6. The number of hydrogen-bond acceptors (Lipinski definition) is 8. The second kappa shape index (κ2) is 6.84. The summed E-state index contributed by atoms with van der Waals surface area (Å²) in [5.74, 6) is 2.93. The average molecular weight is 473 g/mol. The summed E-state index contributed by atoms with van der Waals surface area (Å²) in [5.41, 5.74) is 0.633. The van der Waals surface area contributed by atoms with Crippen LogP contribution in [0, 0.1) is 0 Å². The standard InChI is InChI=1S/C22H25ClN6O2S/c23-12-8-24-19(25-9-12)11-4-13-6-14(5-11)29(13)21-26-17-15-7-16(15)32(31)18(17)20(27-21)28-22(10-30)2-1-3-22/h8-9,11,13-16,30H,1-7,10H2,(H,26,27,28)/t11?,13?,14?,15?,16?,32-/m1/s1. The van der Waals surface area contributed by atoms with E-state index in [1.165, 1.54) is 0 Å². The zero-order chi connectivity index (χ0) is 21.6. The van der Waals surface area contributed by atoms with Crippen molar-refractivity contribution >= 4 is 34.2 Å². The van der Waals surface area contributed by atoms with Crippen LogP contribution in [0.2, 0.25) is 5.02 Å². The van der Waals surface area contributed by atoms with Gasteiger partial charge in [-0.2, -0.15) is 4.98 Å². The molecule has 168 valence electrons. The van der Waals surface area contributed by atoms with Crippen molar-refractivity contribution in [2.24, 2.45) is 0 Å². The number of rotatable bonds is 5. The molecule has 32 heavy (non-hydrogen) atoms. The second-order valence-electron chi connectivity index (χ2n) is 10.1. The fraction of sp³-hybridized carbons (Fsp3) is 0.636. The Kier molecular flexibility index (Phi) is 4.19. The fourth-order valence-electron chi connectivity index (χ4n) is 6.07. The van der Waals surface area contributed by atoms with Gasteiger partial charge in [0.15, 0.2) is 0 Å². The van der Waals surface area contributed by atoms with Crippen LogP contribution in [-0.2, 0) is 10.8 Å². The molecule has 2 aromatic heterocycles. The van der Waals surface area contributed by atoms with Crippen molar-refractivity contribution in [2.45, 2.75) is 84.5 Å². The molecule has 2 aromatic rings. The maximum Gasteiger partial charge on any atom is 0.228 e. The van der Waals surface area contributed by atoms with E-state index in [4.69, 9.17) is 21.6 Å². The van der Waals surface area contributed by atoms with Gasteiger partial charge in [0.25, 0.3) is 0 Å². The Balaban J connectivity index is 1.20. The molecular weight excluding hydrogens is 448 g/mol. The first-order valence-corrected chi connectivity index (χ1v) is 13.1. The summed E-state index contributed by atoms with van der Waals surface area (Å²) in [6, 6.07) is 0.725. The fourth-order valence-corrected chi connectivity index (χ4v) is 7.97. The number of nitrogens with zero attached hydrogens (tertiary/aromatic N) is 5. The highest BCUT2D eigenvalue weighted by Crippen LogP contribution is 2.57. The molecule has 5 atom stereocenters. The first kappa shape index (κ1) is 19.6.